The van der Waals surface area contributed by atoms with Gasteiger partial charge in [-0.3, -0.25) is 4.98 Å². The normalized spacial score (nSPS) is 10.1. The maximum Gasteiger partial charge on any atom is 0.569 e. The lowest BCUT2D eigenvalue weighted by Crippen LogP contribution is -1.99. The van der Waals surface area contributed by atoms with E-state index in [0.29, 0.717) is 13.4 Å². The molecule has 1 radical (unpaired) electrons. The van der Waals surface area contributed by atoms with Crippen molar-refractivity contribution < 1.29 is 9.68 Å². The van der Waals surface area contributed by atoms with Gasteiger partial charge in [0.1, 0.15) is 5.75 Å². The molecule has 3 nitrogen and oxygen atoms in total. The van der Waals surface area contributed by atoms with Crippen molar-refractivity contribution >= 4 is 7.69 Å². The second kappa shape index (κ2) is 6.24. The molecule has 0 unspecified atom stereocenters. The Labute approximate surface area is 124 Å². The fraction of sp³-hybridized carbons (Fsp3) is 0. The van der Waals surface area contributed by atoms with Gasteiger partial charge in [0.2, 0.25) is 0 Å². The molecule has 0 aliphatic heterocycles. The van der Waals surface area contributed by atoms with Crippen LogP contribution in [0.5, 0.6) is 5.75 Å². The highest BCUT2D eigenvalue weighted by Gasteiger charge is 2.03. The fourth-order valence-electron chi connectivity index (χ4n) is 2.20. The zero-order valence-electron chi connectivity index (χ0n) is 11.3. The minimum Gasteiger partial charge on any atom is -0.537 e. The largest absolute Gasteiger partial charge is 0.569 e. The lowest BCUT2D eigenvalue weighted by atomic mass is 10.0. The molecule has 4 heteroatoms. The van der Waals surface area contributed by atoms with Gasteiger partial charge >= 0.3 is 7.69 Å². The SMILES string of the molecule is O[B]Oc1cccc(-c2cccc(-c3ccccn3)c2)c1. The van der Waals surface area contributed by atoms with Crippen LogP contribution in [0.4, 0.5) is 0 Å². The summed E-state index contributed by atoms with van der Waals surface area (Å²) in [4.78, 5) is 4.37. The number of rotatable bonds is 4. The van der Waals surface area contributed by atoms with Crippen molar-refractivity contribution in [3.05, 3.63) is 72.9 Å². The second-order valence-corrected chi connectivity index (χ2v) is 4.55. The van der Waals surface area contributed by atoms with Crippen molar-refractivity contribution in [2.24, 2.45) is 0 Å². The van der Waals surface area contributed by atoms with E-state index in [-0.39, 0.29) is 0 Å². The summed E-state index contributed by atoms with van der Waals surface area (Å²) in [5.74, 6) is 0.596. The van der Waals surface area contributed by atoms with Crippen LogP contribution in [0.15, 0.2) is 72.9 Å². The smallest absolute Gasteiger partial charge is 0.537 e. The molecule has 0 amide bonds. The number of benzene rings is 2. The summed E-state index contributed by atoms with van der Waals surface area (Å²) in [5.41, 5.74) is 4.09. The summed E-state index contributed by atoms with van der Waals surface area (Å²) in [5, 5.41) is 8.72. The minimum absolute atomic E-state index is 0.596. The molecule has 1 N–H and O–H groups in total. The van der Waals surface area contributed by atoms with Crippen LogP contribution in [0.2, 0.25) is 0 Å². The first-order chi connectivity index (χ1) is 10.4. The highest BCUT2D eigenvalue weighted by Crippen LogP contribution is 2.27. The van der Waals surface area contributed by atoms with E-state index in [1.807, 2.05) is 54.6 Å². The Kier molecular flexibility index (Phi) is 3.98. The highest BCUT2D eigenvalue weighted by atomic mass is 16.5. The lowest BCUT2D eigenvalue weighted by Gasteiger charge is -2.07. The maximum atomic E-state index is 8.72. The molecule has 1 aromatic heterocycles. The van der Waals surface area contributed by atoms with Crippen LogP contribution >= 0.6 is 0 Å². The third kappa shape index (κ3) is 3.12. The lowest BCUT2D eigenvalue weighted by molar-refractivity contribution is 0.454. The Hall–Kier alpha value is -2.59. The van der Waals surface area contributed by atoms with Crippen LogP contribution in [0.25, 0.3) is 22.4 Å². The topological polar surface area (TPSA) is 42.4 Å². The molecule has 3 rings (SSSR count). The molecule has 0 saturated carbocycles. The van der Waals surface area contributed by atoms with E-state index >= 15 is 0 Å². The Morgan fingerprint density at radius 3 is 2.33 bits per heavy atom. The third-order valence-electron chi connectivity index (χ3n) is 3.18. The Morgan fingerprint density at radius 1 is 0.810 bits per heavy atom. The summed E-state index contributed by atoms with van der Waals surface area (Å²) in [6.07, 6.45) is 1.79. The van der Waals surface area contributed by atoms with Crippen molar-refractivity contribution in [3.8, 4) is 28.1 Å². The van der Waals surface area contributed by atoms with Crippen LogP contribution in [0.1, 0.15) is 0 Å². The van der Waals surface area contributed by atoms with E-state index in [2.05, 4.69) is 11.1 Å². The van der Waals surface area contributed by atoms with Gasteiger partial charge in [-0.05, 0) is 41.5 Å². The van der Waals surface area contributed by atoms with E-state index < -0.39 is 0 Å². The van der Waals surface area contributed by atoms with Gasteiger partial charge in [0.25, 0.3) is 0 Å². The molecule has 101 valence electrons. The molecular weight excluding hydrogens is 261 g/mol. The van der Waals surface area contributed by atoms with Gasteiger partial charge in [-0.25, -0.2) is 0 Å². The standard InChI is InChI=1S/C17H13BNO2/c20-18-21-16-8-4-6-14(12-16)13-5-3-7-15(11-13)17-9-1-2-10-19-17/h1-12,20H. The van der Waals surface area contributed by atoms with Crippen LogP contribution < -0.4 is 4.65 Å². The maximum absolute atomic E-state index is 8.72. The van der Waals surface area contributed by atoms with Gasteiger partial charge in [0, 0.05) is 11.8 Å². The zero-order chi connectivity index (χ0) is 14.5. The number of pyridine rings is 1. The molecule has 0 spiro atoms. The van der Waals surface area contributed by atoms with Crippen LogP contribution in [-0.2, 0) is 0 Å². The zero-order valence-corrected chi connectivity index (χ0v) is 11.3. The molecule has 0 saturated heterocycles. The highest BCUT2D eigenvalue weighted by molar-refractivity contribution is 6.17. The Morgan fingerprint density at radius 2 is 1.57 bits per heavy atom. The van der Waals surface area contributed by atoms with Gasteiger partial charge in [-0.15, -0.1) is 0 Å². The Balaban J connectivity index is 1.98. The third-order valence-corrected chi connectivity index (χ3v) is 3.18. The van der Waals surface area contributed by atoms with E-state index in [9.17, 15) is 0 Å². The van der Waals surface area contributed by atoms with E-state index in [1.54, 1.807) is 12.3 Å². The van der Waals surface area contributed by atoms with E-state index in [4.69, 9.17) is 9.68 Å². The van der Waals surface area contributed by atoms with Gasteiger partial charge in [0.05, 0.1) is 5.69 Å². The molecular formula is C17H13BNO2. The fourth-order valence-corrected chi connectivity index (χ4v) is 2.20. The first kappa shape index (κ1) is 13.4. The van der Waals surface area contributed by atoms with Gasteiger partial charge in [-0.2, -0.15) is 0 Å². The predicted octanol–water partition coefficient (Wildman–Crippen LogP) is 3.32. The van der Waals surface area contributed by atoms with Gasteiger partial charge < -0.3 is 9.68 Å². The first-order valence-electron chi connectivity index (χ1n) is 6.61. The van der Waals surface area contributed by atoms with Crippen LogP contribution in [0.3, 0.4) is 0 Å². The monoisotopic (exact) mass is 274 g/mol. The van der Waals surface area contributed by atoms with Crippen molar-refractivity contribution in [3.63, 3.8) is 0 Å². The average Bonchev–Trinajstić information content (AvgIpc) is 2.56. The number of aromatic nitrogens is 1. The molecule has 2 aromatic carbocycles. The van der Waals surface area contributed by atoms with Crippen LogP contribution in [-0.4, -0.2) is 17.7 Å². The molecule has 0 aliphatic rings. The quantitative estimate of drug-likeness (QED) is 0.742. The van der Waals surface area contributed by atoms with Crippen LogP contribution in [0, 0.1) is 0 Å². The number of hydrogen-bond acceptors (Lipinski definition) is 3. The van der Waals surface area contributed by atoms with Crippen molar-refractivity contribution in [1.82, 2.24) is 4.98 Å². The Bertz CT molecular complexity index is 732. The molecule has 0 aliphatic carbocycles. The average molecular weight is 274 g/mol. The molecule has 0 bridgehead atoms. The number of hydrogen-bond donors (Lipinski definition) is 1. The molecule has 0 fully saturated rings. The minimum atomic E-state index is 0.596. The molecule has 21 heavy (non-hydrogen) atoms. The molecule has 1 heterocycles. The number of nitrogens with zero attached hydrogens (tertiary/aromatic N) is 1. The summed E-state index contributed by atoms with van der Waals surface area (Å²) in [6.45, 7) is 0. The molecule has 3 aromatic rings. The second-order valence-electron chi connectivity index (χ2n) is 4.55. The summed E-state index contributed by atoms with van der Waals surface area (Å²) in [7, 11) is 0.684. The van der Waals surface area contributed by atoms with Gasteiger partial charge in [0.15, 0.2) is 0 Å². The summed E-state index contributed by atoms with van der Waals surface area (Å²) >= 11 is 0. The van der Waals surface area contributed by atoms with E-state index in [0.717, 1.165) is 22.4 Å². The predicted molar refractivity (Wildman–Crippen MR) is 83.7 cm³/mol. The van der Waals surface area contributed by atoms with E-state index in [1.165, 1.54) is 0 Å². The summed E-state index contributed by atoms with van der Waals surface area (Å²) < 4.78 is 5.00. The summed E-state index contributed by atoms with van der Waals surface area (Å²) in [6, 6.07) is 21.6. The van der Waals surface area contributed by atoms with Crippen molar-refractivity contribution in [2.45, 2.75) is 0 Å². The van der Waals surface area contributed by atoms with Gasteiger partial charge in [-0.1, -0.05) is 36.4 Å². The molecule has 0 atom stereocenters. The first-order valence-corrected chi connectivity index (χ1v) is 6.61. The van der Waals surface area contributed by atoms with Crippen molar-refractivity contribution in [2.75, 3.05) is 0 Å². The van der Waals surface area contributed by atoms with Crippen molar-refractivity contribution in [1.29, 1.82) is 0 Å².